The Morgan fingerprint density at radius 3 is 2.83 bits per heavy atom. The number of pyridine rings is 1. The van der Waals surface area contributed by atoms with E-state index in [4.69, 9.17) is 11.6 Å². The normalized spacial score (nSPS) is 12.3. The van der Waals surface area contributed by atoms with Crippen molar-refractivity contribution in [2.45, 2.75) is 12.5 Å². The van der Waals surface area contributed by atoms with Gasteiger partial charge in [0.05, 0.1) is 6.04 Å². The second-order valence-corrected chi connectivity index (χ2v) is 4.97. The molecule has 94 valence electrons. The van der Waals surface area contributed by atoms with Crippen molar-refractivity contribution in [3.8, 4) is 0 Å². The number of hydrogen-bond acceptors (Lipinski definition) is 4. The first kappa shape index (κ1) is 13.0. The van der Waals surface area contributed by atoms with Gasteiger partial charge >= 0.3 is 0 Å². The molecule has 5 N–H and O–H groups in total. The van der Waals surface area contributed by atoms with E-state index in [2.05, 4.69) is 26.3 Å². The summed E-state index contributed by atoms with van der Waals surface area (Å²) >= 11 is 3.44. The van der Waals surface area contributed by atoms with Crippen LogP contribution in [-0.4, -0.2) is 4.98 Å². The third-order valence-electron chi connectivity index (χ3n) is 2.79. The number of nitrogens with one attached hydrogen (secondary N) is 1. The van der Waals surface area contributed by atoms with Crippen LogP contribution in [0.1, 0.15) is 17.2 Å². The number of hydrazine groups is 1. The number of benzene rings is 1. The molecule has 1 atom stereocenters. The van der Waals surface area contributed by atoms with Crippen molar-refractivity contribution in [3.05, 3.63) is 58.3 Å². The van der Waals surface area contributed by atoms with Crippen LogP contribution in [0.5, 0.6) is 0 Å². The molecular weight excluding hydrogens is 292 g/mol. The van der Waals surface area contributed by atoms with Gasteiger partial charge in [0.2, 0.25) is 0 Å². The molecule has 1 unspecified atom stereocenters. The van der Waals surface area contributed by atoms with Gasteiger partial charge in [-0.25, -0.2) is 0 Å². The van der Waals surface area contributed by atoms with Gasteiger partial charge in [-0.3, -0.25) is 16.3 Å². The third-order valence-corrected chi connectivity index (χ3v) is 3.28. The first-order chi connectivity index (χ1) is 8.70. The Kier molecular flexibility index (Phi) is 4.30. The molecule has 2 aromatic rings. The molecule has 1 aromatic carbocycles. The van der Waals surface area contributed by atoms with E-state index in [1.54, 1.807) is 6.20 Å². The molecule has 0 bridgehead atoms. The molecule has 0 aliphatic carbocycles. The Morgan fingerprint density at radius 1 is 1.33 bits per heavy atom. The molecule has 1 aromatic heterocycles. The second kappa shape index (κ2) is 5.95. The van der Waals surface area contributed by atoms with Gasteiger partial charge in [-0.2, -0.15) is 0 Å². The summed E-state index contributed by atoms with van der Waals surface area (Å²) in [6.45, 7) is 0. The van der Waals surface area contributed by atoms with Gasteiger partial charge < -0.3 is 5.73 Å². The maximum absolute atomic E-state index is 5.99. The topological polar surface area (TPSA) is 77.0 Å². The lowest BCUT2D eigenvalue weighted by Gasteiger charge is -2.18. The number of hydrogen-bond donors (Lipinski definition) is 3. The summed E-state index contributed by atoms with van der Waals surface area (Å²) in [5, 5.41) is 0. The average molecular weight is 307 g/mol. The van der Waals surface area contributed by atoms with Crippen LogP contribution in [0.25, 0.3) is 0 Å². The molecule has 0 radical (unpaired) electrons. The molecule has 0 saturated carbocycles. The number of rotatable bonds is 4. The van der Waals surface area contributed by atoms with E-state index < -0.39 is 0 Å². The van der Waals surface area contributed by atoms with Crippen molar-refractivity contribution in [2.24, 2.45) is 5.84 Å². The smallest absolute Gasteiger partial charge is 0.0521 e. The summed E-state index contributed by atoms with van der Waals surface area (Å²) in [5.41, 5.74) is 11.6. The van der Waals surface area contributed by atoms with Gasteiger partial charge in [0, 0.05) is 22.6 Å². The van der Waals surface area contributed by atoms with Crippen LogP contribution in [0.4, 0.5) is 5.69 Å². The molecule has 0 aliphatic rings. The summed E-state index contributed by atoms with van der Waals surface area (Å²) in [7, 11) is 0. The minimum Gasteiger partial charge on any atom is -0.398 e. The lowest BCUT2D eigenvalue weighted by Crippen LogP contribution is -2.30. The number of nitrogens with two attached hydrogens (primary N) is 2. The van der Waals surface area contributed by atoms with Gasteiger partial charge in [0.15, 0.2) is 0 Å². The van der Waals surface area contributed by atoms with Crippen molar-refractivity contribution >= 4 is 21.6 Å². The number of aromatic nitrogens is 1. The first-order valence-corrected chi connectivity index (χ1v) is 6.40. The van der Waals surface area contributed by atoms with Crippen LogP contribution in [0, 0.1) is 0 Å². The lowest BCUT2D eigenvalue weighted by atomic mass is 9.99. The lowest BCUT2D eigenvalue weighted by molar-refractivity contribution is 0.552. The predicted octanol–water partition coefficient (Wildman–Crippen LogP) is 2.17. The SMILES string of the molecule is NNC(Cc1cccnc1)c1cc(Br)ccc1N. The standard InChI is InChI=1S/C13H15BrN4/c14-10-3-4-12(15)11(7-10)13(18-16)6-9-2-1-5-17-8-9/h1-5,7-8,13,18H,6,15-16H2. The number of nitrogens with zero attached hydrogens (tertiary/aromatic N) is 1. The van der Waals surface area contributed by atoms with Crippen LogP contribution in [0.3, 0.4) is 0 Å². The van der Waals surface area contributed by atoms with E-state index in [1.165, 1.54) is 0 Å². The van der Waals surface area contributed by atoms with Gasteiger partial charge in [-0.05, 0) is 41.8 Å². The highest BCUT2D eigenvalue weighted by atomic mass is 79.9. The Hall–Kier alpha value is -1.43. The highest BCUT2D eigenvalue weighted by Crippen LogP contribution is 2.26. The Bertz CT molecular complexity index is 516. The van der Waals surface area contributed by atoms with Crippen molar-refractivity contribution in [1.82, 2.24) is 10.4 Å². The van der Waals surface area contributed by atoms with Crippen molar-refractivity contribution < 1.29 is 0 Å². The average Bonchev–Trinajstić information content (AvgIpc) is 2.40. The maximum atomic E-state index is 5.99. The Balaban J connectivity index is 2.26. The molecule has 4 nitrogen and oxygen atoms in total. The minimum absolute atomic E-state index is 0.0355. The Morgan fingerprint density at radius 2 is 2.17 bits per heavy atom. The fourth-order valence-electron chi connectivity index (χ4n) is 1.86. The van der Waals surface area contributed by atoms with Gasteiger partial charge in [-0.1, -0.05) is 22.0 Å². The zero-order valence-electron chi connectivity index (χ0n) is 9.81. The highest BCUT2D eigenvalue weighted by molar-refractivity contribution is 9.10. The fraction of sp³-hybridized carbons (Fsp3) is 0.154. The number of anilines is 1. The highest BCUT2D eigenvalue weighted by Gasteiger charge is 2.14. The summed E-state index contributed by atoms with van der Waals surface area (Å²) in [4.78, 5) is 4.10. The van der Waals surface area contributed by atoms with Crippen LogP contribution >= 0.6 is 15.9 Å². The van der Waals surface area contributed by atoms with Crippen LogP contribution in [0.2, 0.25) is 0 Å². The van der Waals surface area contributed by atoms with Crippen LogP contribution in [0.15, 0.2) is 47.2 Å². The molecule has 5 heteroatoms. The van der Waals surface area contributed by atoms with E-state index in [9.17, 15) is 0 Å². The van der Waals surface area contributed by atoms with E-state index in [-0.39, 0.29) is 6.04 Å². The van der Waals surface area contributed by atoms with Crippen LogP contribution < -0.4 is 17.0 Å². The largest absolute Gasteiger partial charge is 0.398 e. The van der Waals surface area contributed by atoms with Crippen molar-refractivity contribution in [3.63, 3.8) is 0 Å². The van der Waals surface area contributed by atoms with E-state index in [1.807, 2.05) is 36.5 Å². The quantitative estimate of drug-likeness (QED) is 0.460. The van der Waals surface area contributed by atoms with E-state index >= 15 is 0 Å². The zero-order valence-corrected chi connectivity index (χ0v) is 11.4. The molecule has 0 amide bonds. The third kappa shape index (κ3) is 3.07. The monoisotopic (exact) mass is 306 g/mol. The number of nitrogen functional groups attached to an aromatic ring is 1. The molecule has 0 fully saturated rings. The number of halogens is 1. The Labute approximate surface area is 115 Å². The summed E-state index contributed by atoms with van der Waals surface area (Å²) in [5.74, 6) is 5.63. The van der Waals surface area contributed by atoms with Gasteiger partial charge in [0.25, 0.3) is 0 Å². The zero-order chi connectivity index (χ0) is 13.0. The van der Waals surface area contributed by atoms with Gasteiger partial charge in [-0.15, -0.1) is 0 Å². The minimum atomic E-state index is -0.0355. The summed E-state index contributed by atoms with van der Waals surface area (Å²) in [6.07, 6.45) is 4.32. The van der Waals surface area contributed by atoms with Crippen LogP contribution in [-0.2, 0) is 6.42 Å². The predicted molar refractivity (Wildman–Crippen MR) is 76.6 cm³/mol. The molecule has 18 heavy (non-hydrogen) atoms. The summed E-state index contributed by atoms with van der Waals surface area (Å²) in [6, 6.07) is 9.66. The second-order valence-electron chi connectivity index (χ2n) is 4.06. The van der Waals surface area contributed by atoms with Gasteiger partial charge in [0.1, 0.15) is 0 Å². The molecule has 0 spiro atoms. The fourth-order valence-corrected chi connectivity index (χ4v) is 2.24. The molecule has 1 heterocycles. The molecule has 0 saturated heterocycles. The maximum Gasteiger partial charge on any atom is 0.0521 e. The molecular formula is C13H15BrN4. The van der Waals surface area contributed by atoms with E-state index in [0.717, 1.165) is 27.7 Å². The first-order valence-electron chi connectivity index (χ1n) is 5.60. The molecule has 0 aliphatic heterocycles. The summed E-state index contributed by atoms with van der Waals surface area (Å²) < 4.78 is 0.984. The van der Waals surface area contributed by atoms with E-state index in [0.29, 0.717) is 0 Å². The van der Waals surface area contributed by atoms with Crippen molar-refractivity contribution in [1.29, 1.82) is 0 Å². The molecule has 2 rings (SSSR count). The van der Waals surface area contributed by atoms with Crippen molar-refractivity contribution in [2.75, 3.05) is 5.73 Å².